The highest BCUT2D eigenvalue weighted by Gasteiger charge is 2.43. The maximum atomic E-state index is 14.0. The molecule has 186 valence electrons. The maximum Gasteiger partial charge on any atom is 0.418 e. The molecule has 2 aromatic carbocycles. The van der Waals surface area contributed by atoms with Crippen LogP contribution in [0.1, 0.15) is 36.5 Å². The SMILES string of the molecule is CCOC(c1ccc(C(COC)CC(=O)O)cc1NC(=O)Nc1ccc(Cl)cc1F)C(F)(F)F. The number of hydrogen-bond acceptors (Lipinski definition) is 4. The van der Waals surface area contributed by atoms with Gasteiger partial charge >= 0.3 is 18.2 Å². The van der Waals surface area contributed by atoms with Gasteiger partial charge in [-0.15, -0.1) is 0 Å². The topological polar surface area (TPSA) is 96.9 Å². The van der Waals surface area contributed by atoms with Gasteiger partial charge in [0.25, 0.3) is 0 Å². The van der Waals surface area contributed by atoms with Crippen LogP contribution in [0.5, 0.6) is 0 Å². The second kappa shape index (κ2) is 12.0. The van der Waals surface area contributed by atoms with Gasteiger partial charge in [0.05, 0.1) is 18.7 Å². The summed E-state index contributed by atoms with van der Waals surface area (Å²) in [6, 6.07) is 6.08. The number of ether oxygens (including phenoxy) is 2. The van der Waals surface area contributed by atoms with Crippen molar-refractivity contribution in [1.29, 1.82) is 0 Å². The van der Waals surface area contributed by atoms with Crippen LogP contribution >= 0.6 is 11.6 Å². The Hall–Kier alpha value is -2.89. The van der Waals surface area contributed by atoms with Crippen LogP contribution in [0.3, 0.4) is 0 Å². The normalized spacial score (nSPS) is 13.3. The fourth-order valence-corrected chi connectivity index (χ4v) is 3.40. The first-order valence-electron chi connectivity index (χ1n) is 10.0. The molecule has 0 aliphatic rings. The molecule has 12 heteroatoms. The lowest BCUT2D eigenvalue weighted by molar-refractivity contribution is -0.222. The number of aliphatic carboxylic acids is 1. The Kier molecular flexibility index (Phi) is 9.66. The number of alkyl halides is 3. The number of urea groups is 1. The lowest BCUT2D eigenvalue weighted by atomic mass is 9.93. The molecular formula is C22H23ClF4N2O5. The zero-order valence-corrected chi connectivity index (χ0v) is 19.0. The number of nitrogens with one attached hydrogen (secondary N) is 2. The van der Waals surface area contributed by atoms with Crippen LogP contribution in [-0.2, 0) is 14.3 Å². The number of carbonyl (C=O) groups is 2. The van der Waals surface area contributed by atoms with Crippen LogP contribution in [0.15, 0.2) is 36.4 Å². The van der Waals surface area contributed by atoms with Gasteiger partial charge in [-0.1, -0.05) is 23.7 Å². The Morgan fingerprint density at radius 3 is 2.35 bits per heavy atom. The third-order valence-corrected chi connectivity index (χ3v) is 4.91. The maximum absolute atomic E-state index is 14.0. The third-order valence-electron chi connectivity index (χ3n) is 4.68. The second-order valence-corrected chi connectivity index (χ2v) is 7.61. The number of carboxylic acids is 1. The van der Waals surface area contributed by atoms with Crippen molar-refractivity contribution in [2.45, 2.75) is 31.5 Å². The Morgan fingerprint density at radius 2 is 1.79 bits per heavy atom. The zero-order chi connectivity index (χ0) is 25.5. The Morgan fingerprint density at radius 1 is 1.12 bits per heavy atom. The number of benzene rings is 2. The summed E-state index contributed by atoms with van der Waals surface area (Å²) in [6.45, 7) is 1.10. The Labute approximate surface area is 198 Å². The van der Waals surface area contributed by atoms with Gasteiger partial charge in [0.15, 0.2) is 6.10 Å². The van der Waals surface area contributed by atoms with E-state index in [2.05, 4.69) is 10.6 Å². The highest BCUT2D eigenvalue weighted by atomic mass is 35.5. The van der Waals surface area contributed by atoms with E-state index < -0.39 is 41.6 Å². The average Bonchev–Trinajstić information content (AvgIpc) is 2.73. The molecule has 0 heterocycles. The molecule has 2 atom stereocenters. The molecule has 2 unspecified atom stereocenters. The van der Waals surface area contributed by atoms with E-state index in [1.54, 1.807) is 0 Å². The minimum atomic E-state index is -4.81. The van der Waals surface area contributed by atoms with Crippen LogP contribution in [0.4, 0.5) is 33.7 Å². The van der Waals surface area contributed by atoms with Gasteiger partial charge in [-0.3, -0.25) is 4.79 Å². The summed E-state index contributed by atoms with van der Waals surface area (Å²) in [5.41, 5.74) is -0.624. The summed E-state index contributed by atoms with van der Waals surface area (Å²) in [5.74, 6) is -2.69. The third kappa shape index (κ3) is 7.57. The molecule has 0 aromatic heterocycles. The number of carbonyl (C=O) groups excluding carboxylic acids is 1. The first-order valence-corrected chi connectivity index (χ1v) is 10.4. The van der Waals surface area contributed by atoms with E-state index in [0.29, 0.717) is 5.56 Å². The summed E-state index contributed by atoms with van der Waals surface area (Å²) < 4.78 is 65.0. The van der Waals surface area contributed by atoms with Crippen LogP contribution in [0.25, 0.3) is 0 Å². The molecule has 2 rings (SSSR count). The van der Waals surface area contributed by atoms with E-state index in [1.165, 1.54) is 38.3 Å². The molecule has 34 heavy (non-hydrogen) atoms. The lowest BCUT2D eigenvalue weighted by Gasteiger charge is -2.25. The van der Waals surface area contributed by atoms with Gasteiger partial charge < -0.3 is 25.2 Å². The Balaban J connectivity index is 2.47. The molecule has 2 aromatic rings. The number of amides is 2. The van der Waals surface area contributed by atoms with Crippen molar-refractivity contribution < 1.29 is 41.7 Å². The van der Waals surface area contributed by atoms with Crippen LogP contribution in [-0.4, -0.2) is 43.6 Å². The average molecular weight is 507 g/mol. The molecule has 0 radical (unpaired) electrons. The zero-order valence-electron chi connectivity index (χ0n) is 18.2. The largest absolute Gasteiger partial charge is 0.481 e. The van der Waals surface area contributed by atoms with Gasteiger partial charge in [0.1, 0.15) is 5.82 Å². The first-order chi connectivity index (χ1) is 16.0. The van der Waals surface area contributed by atoms with Crippen molar-refractivity contribution >= 4 is 35.0 Å². The van der Waals surface area contributed by atoms with Gasteiger partial charge in [0, 0.05) is 35.9 Å². The van der Waals surface area contributed by atoms with Gasteiger partial charge in [-0.2, -0.15) is 13.2 Å². The molecule has 0 aliphatic carbocycles. The van der Waals surface area contributed by atoms with Crippen LogP contribution < -0.4 is 10.6 Å². The number of anilines is 2. The van der Waals surface area contributed by atoms with Crippen molar-refractivity contribution in [2.75, 3.05) is 31.0 Å². The number of carboxylic acid groups (broad SMARTS) is 1. The molecule has 2 amide bonds. The molecule has 0 fully saturated rings. The molecule has 0 spiro atoms. The summed E-state index contributed by atoms with van der Waals surface area (Å²) in [4.78, 5) is 23.7. The number of halogens is 5. The van der Waals surface area contributed by atoms with Crippen LogP contribution in [0.2, 0.25) is 5.02 Å². The molecule has 0 saturated heterocycles. The van der Waals surface area contributed by atoms with Crippen LogP contribution in [0, 0.1) is 5.82 Å². The van der Waals surface area contributed by atoms with E-state index in [1.807, 2.05) is 0 Å². The minimum absolute atomic E-state index is 0.0264. The highest BCUT2D eigenvalue weighted by Crippen LogP contribution is 2.40. The van der Waals surface area contributed by atoms with E-state index in [0.717, 1.165) is 12.1 Å². The molecule has 0 saturated carbocycles. The highest BCUT2D eigenvalue weighted by molar-refractivity contribution is 6.30. The summed E-state index contributed by atoms with van der Waals surface area (Å²) in [6.07, 6.45) is -7.53. The molecule has 3 N–H and O–H groups in total. The minimum Gasteiger partial charge on any atom is -0.481 e. The summed E-state index contributed by atoms with van der Waals surface area (Å²) in [7, 11) is 1.35. The summed E-state index contributed by atoms with van der Waals surface area (Å²) in [5, 5.41) is 13.7. The Bertz CT molecular complexity index is 1020. The monoisotopic (exact) mass is 506 g/mol. The van der Waals surface area contributed by atoms with E-state index >= 15 is 0 Å². The van der Waals surface area contributed by atoms with Crippen molar-refractivity contribution in [2.24, 2.45) is 0 Å². The predicted octanol–water partition coefficient (Wildman–Crippen LogP) is 5.97. The fourth-order valence-electron chi connectivity index (χ4n) is 3.24. The first kappa shape index (κ1) is 27.4. The van der Waals surface area contributed by atoms with Gasteiger partial charge in [0.2, 0.25) is 0 Å². The van der Waals surface area contributed by atoms with Crippen molar-refractivity contribution in [3.63, 3.8) is 0 Å². The number of methoxy groups -OCH3 is 1. The van der Waals surface area contributed by atoms with Gasteiger partial charge in [-0.25, -0.2) is 9.18 Å². The van der Waals surface area contributed by atoms with Crippen molar-refractivity contribution in [1.82, 2.24) is 0 Å². The van der Waals surface area contributed by atoms with E-state index in [9.17, 15) is 27.2 Å². The van der Waals surface area contributed by atoms with Crippen molar-refractivity contribution in [3.8, 4) is 0 Å². The van der Waals surface area contributed by atoms with E-state index in [4.69, 9.17) is 26.2 Å². The molecule has 7 nitrogen and oxygen atoms in total. The van der Waals surface area contributed by atoms with Crippen molar-refractivity contribution in [3.05, 3.63) is 58.4 Å². The number of rotatable bonds is 10. The second-order valence-electron chi connectivity index (χ2n) is 7.18. The lowest BCUT2D eigenvalue weighted by Crippen LogP contribution is -2.27. The standard InChI is InChI=1S/C22H23ClF4N2O5/c1-3-34-20(22(25,26)27)15-6-4-12(13(11-33-2)9-19(30)31)8-18(15)29-21(32)28-17-7-5-14(23)10-16(17)24/h4-8,10,13,20H,3,9,11H2,1-2H3,(H,30,31)(H2,28,29,32). The quantitative estimate of drug-likeness (QED) is 0.345. The van der Waals surface area contributed by atoms with Gasteiger partial charge in [-0.05, 0) is 36.8 Å². The fraction of sp³-hybridized carbons (Fsp3) is 0.364. The number of hydrogen-bond donors (Lipinski definition) is 3. The molecule has 0 aliphatic heterocycles. The predicted molar refractivity (Wildman–Crippen MR) is 118 cm³/mol. The molecule has 0 bridgehead atoms. The molecular weight excluding hydrogens is 484 g/mol. The van der Waals surface area contributed by atoms with E-state index in [-0.39, 0.29) is 36.0 Å². The summed E-state index contributed by atoms with van der Waals surface area (Å²) >= 11 is 5.68. The smallest absolute Gasteiger partial charge is 0.418 e.